The molecule has 0 saturated carbocycles. The molecule has 0 amide bonds. The first-order valence-electron chi connectivity index (χ1n) is 8.99. The average molecular weight is 514 g/mol. The number of thioether (sulfide) groups is 1. The molecule has 0 bridgehead atoms. The smallest absolute Gasteiger partial charge is 0.191 e. The lowest BCUT2D eigenvalue weighted by atomic mass is 10.0. The van der Waals surface area contributed by atoms with Gasteiger partial charge in [-0.15, -0.1) is 35.3 Å². The van der Waals surface area contributed by atoms with Crippen LogP contribution in [0, 0.1) is 5.92 Å². The van der Waals surface area contributed by atoms with Gasteiger partial charge < -0.3 is 15.4 Å². The molecule has 26 heavy (non-hydrogen) atoms. The number of rotatable bonds is 9. The van der Waals surface area contributed by atoms with Gasteiger partial charge in [-0.1, -0.05) is 25.6 Å². The van der Waals surface area contributed by atoms with Crippen molar-refractivity contribution in [2.45, 2.75) is 30.6 Å². The fourth-order valence-electron chi connectivity index (χ4n) is 2.84. The molecule has 2 N–H and O–H groups in total. The van der Waals surface area contributed by atoms with Gasteiger partial charge in [-0.25, -0.2) is 4.98 Å². The van der Waals surface area contributed by atoms with Crippen molar-refractivity contribution in [3.05, 3.63) is 11.6 Å². The Hall–Kier alpha value is -0.100. The molecule has 2 heterocycles. The molecule has 1 aromatic heterocycles. The molecule has 1 aliphatic rings. The molecule has 150 valence electrons. The van der Waals surface area contributed by atoms with Crippen molar-refractivity contribution < 1.29 is 4.74 Å². The van der Waals surface area contributed by atoms with Crippen molar-refractivity contribution in [1.29, 1.82) is 0 Å². The van der Waals surface area contributed by atoms with Crippen LogP contribution in [0.1, 0.15) is 20.3 Å². The average Bonchev–Trinajstić information content (AvgIpc) is 3.14. The Morgan fingerprint density at radius 2 is 2.15 bits per heavy atom. The number of aliphatic imine (C=N–C) groups is 1. The van der Waals surface area contributed by atoms with Crippen LogP contribution in [-0.4, -0.2) is 74.1 Å². The predicted octanol–water partition coefficient (Wildman–Crippen LogP) is 2.77. The molecule has 9 heteroatoms. The van der Waals surface area contributed by atoms with Gasteiger partial charge >= 0.3 is 0 Å². The largest absolute Gasteiger partial charge is 0.379 e. The van der Waals surface area contributed by atoms with Gasteiger partial charge in [0.2, 0.25) is 0 Å². The lowest BCUT2D eigenvalue weighted by Gasteiger charge is -2.37. The van der Waals surface area contributed by atoms with Gasteiger partial charge in [0.15, 0.2) is 5.96 Å². The molecule has 0 aliphatic carbocycles. The van der Waals surface area contributed by atoms with Crippen molar-refractivity contribution in [2.24, 2.45) is 10.9 Å². The molecule has 1 fully saturated rings. The van der Waals surface area contributed by atoms with E-state index in [0.717, 1.165) is 61.9 Å². The number of ether oxygens (including phenoxy) is 1. The van der Waals surface area contributed by atoms with E-state index in [9.17, 15) is 0 Å². The van der Waals surface area contributed by atoms with Crippen LogP contribution in [0.5, 0.6) is 0 Å². The van der Waals surface area contributed by atoms with E-state index in [0.29, 0.717) is 12.0 Å². The third kappa shape index (κ3) is 8.73. The van der Waals surface area contributed by atoms with Crippen LogP contribution in [0.3, 0.4) is 0 Å². The molecule has 1 aromatic rings. The van der Waals surface area contributed by atoms with Crippen molar-refractivity contribution in [2.75, 3.05) is 52.2 Å². The molecule has 1 unspecified atom stereocenters. The summed E-state index contributed by atoms with van der Waals surface area (Å²) in [7, 11) is 1.83. The minimum atomic E-state index is 0. The Kier molecular flexibility index (Phi) is 12.9. The molecule has 1 saturated heterocycles. The predicted molar refractivity (Wildman–Crippen MR) is 123 cm³/mol. The van der Waals surface area contributed by atoms with Crippen LogP contribution < -0.4 is 10.6 Å². The minimum absolute atomic E-state index is 0. The third-order valence-corrected chi connectivity index (χ3v) is 6.29. The summed E-state index contributed by atoms with van der Waals surface area (Å²) in [5.74, 6) is 2.55. The zero-order chi connectivity index (χ0) is 17.9. The van der Waals surface area contributed by atoms with Gasteiger partial charge in [-0.2, -0.15) is 0 Å². The van der Waals surface area contributed by atoms with Gasteiger partial charge in [0.05, 0.1) is 13.2 Å². The molecule has 0 spiro atoms. The van der Waals surface area contributed by atoms with Crippen LogP contribution >= 0.6 is 47.1 Å². The first kappa shape index (κ1) is 23.9. The maximum Gasteiger partial charge on any atom is 0.191 e. The molecule has 1 aliphatic heterocycles. The number of morpholine rings is 1. The number of hydrogen-bond acceptors (Lipinski definition) is 6. The normalized spacial score (nSPS) is 17.0. The highest BCUT2D eigenvalue weighted by Gasteiger charge is 2.23. The molecular formula is C17H32IN5OS2. The van der Waals surface area contributed by atoms with Crippen molar-refractivity contribution in [1.82, 2.24) is 20.5 Å². The summed E-state index contributed by atoms with van der Waals surface area (Å²) in [6, 6.07) is 0.503. The summed E-state index contributed by atoms with van der Waals surface area (Å²) >= 11 is 3.52. The molecule has 6 nitrogen and oxygen atoms in total. The Labute approximate surface area is 183 Å². The van der Waals surface area contributed by atoms with Crippen LogP contribution in [0.15, 0.2) is 20.9 Å². The van der Waals surface area contributed by atoms with Crippen LogP contribution in [0.25, 0.3) is 0 Å². The number of aromatic nitrogens is 1. The van der Waals surface area contributed by atoms with E-state index < -0.39 is 0 Å². The standard InChI is InChI=1S/C17H31N5OS2.HI/c1-14(2)15(22-7-9-23-10-8-22)13-21-16(18-3)19-5-4-11-24-17-20-6-12-25-17;/h6,12,14-15H,4-5,7-11,13H2,1-3H3,(H2,18,19,21);1H. The zero-order valence-corrected chi connectivity index (χ0v) is 19.9. The second-order valence-corrected chi connectivity index (χ2v) is 8.58. The van der Waals surface area contributed by atoms with Gasteiger partial charge in [-0.05, 0) is 12.3 Å². The maximum atomic E-state index is 5.48. The van der Waals surface area contributed by atoms with Crippen molar-refractivity contribution >= 4 is 53.0 Å². The van der Waals surface area contributed by atoms with Gasteiger partial charge in [-0.3, -0.25) is 9.89 Å². The summed E-state index contributed by atoms with van der Waals surface area (Å²) in [5, 5.41) is 8.92. The summed E-state index contributed by atoms with van der Waals surface area (Å²) in [4.78, 5) is 11.2. The van der Waals surface area contributed by atoms with Gasteiger partial charge in [0, 0.05) is 56.6 Å². The van der Waals surface area contributed by atoms with E-state index >= 15 is 0 Å². The first-order valence-corrected chi connectivity index (χ1v) is 10.9. The lowest BCUT2D eigenvalue weighted by Crippen LogP contribution is -2.52. The maximum absolute atomic E-state index is 5.48. The number of guanidine groups is 1. The SMILES string of the molecule is CN=C(NCCCSc1nccs1)NCC(C(C)C)N1CCOCC1.I. The second kappa shape index (κ2) is 14.0. The van der Waals surface area contributed by atoms with Crippen LogP contribution in [-0.2, 0) is 4.74 Å². The number of nitrogens with zero attached hydrogens (tertiary/aromatic N) is 3. The number of hydrogen-bond donors (Lipinski definition) is 2. The minimum Gasteiger partial charge on any atom is -0.379 e. The van der Waals surface area contributed by atoms with E-state index in [1.165, 1.54) is 0 Å². The number of halogens is 1. The summed E-state index contributed by atoms with van der Waals surface area (Å²) in [5.41, 5.74) is 0. The monoisotopic (exact) mass is 513 g/mol. The van der Waals surface area contributed by atoms with Crippen molar-refractivity contribution in [3.63, 3.8) is 0 Å². The van der Waals surface area contributed by atoms with Crippen LogP contribution in [0.2, 0.25) is 0 Å². The fraction of sp³-hybridized carbons (Fsp3) is 0.765. The molecule has 0 aromatic carbocycles. The zero-order valence-electron chi connectivity index (χ0n) is 15.9. The molecule has 0 radical (unpaired) electrons. The van der Waals surface area contributed by atoms with E-state index in [-0.39, 0.29) is 24.0 Å². The Morgan fingerprint density at radius 1 is 1.38 bits per heavy atom. The highest BCUT2D eigenvalue weighted by molar-refractivity contribution is 14.0. The van der Waals surface area contributed by atoms with E-state index in [2.05, 4.69) is 39.4 Å². The lowest BCUT2D eigenvalue weighted by molar-refractivity contribution is 0.00752. The first-order chi connectivity index (χ1) is 12.2. The highest BCUT2D eigenvalue weighted by Crippen LogP contribution is 2.20. The van der Waals surface area contributed by atoms with Crippen LogP contribution in [0.4, 0.5) is 0 Å². The second-order valence-electron chi connectivity index (χ2n) is 6.34. The van der Waals surface area contributed by atoms with E-state index in [1.54, 1.807) is 11.3 Å². The van der Waals surface area contributed by atoms with E-state index in [1.807, 2.05) is 30.4 Å². The van der Waals surface area contributed by atoms with Gasteiger partial charge in [0.25, 0.3) is 0 Å². The number of thiazole rings is 1. The Bertz CT molecular complexity index is 495. The van der Waals surface area contributed by atoms with Crippen molar-refractivity contribution in [3.8, 4) is 0 Å². The molecular weight excluding hydrogens is 481 g/mol. The Balaban J connectivity index is 0.00000338. The van der Waals surface area contributed by atoms with E-state index in [4.69, 9.17) is 4.74 Å². The molecule has 2 rings (SSSR count). The topological polar surface area (TPSA) is 61.8 Å². The summed E-state index contributed by atoms with van der Waals surface area (Å²) in [6.07, 6.45) is 2.94. The van der Waals surface area contributed by atoms with Gasteiger partial charge in [0.1, 0.15) is 4.34 Å². The fourth-order valence-corrected chi connectivity index (χ4v) is 4.48. The highest BCUT2D eigenvalue weighted by atomic mass is 127. The quantitative estimate of drug-likeness (QED) is 0.174. The summed E-state index contributed by atoms with van der Waals surface area (Å²) in [6.45, 7) is 10.1. The number of nitrogens with one attached hydrogen (secondary N) is 2. The summed E-state index contributed by atoms with van der Waals surface area (Å²) < 4.78 is 6.62. The third-order valence-electron chi connectivity index (χ3n) is 4.24. The Morgan fingerprint density at radius 3 is 2.77 bits per heavy atom. The molecule has 1 atom stereocenters.